The highest BCUT2D eigenvalue weighted by atomic mass is 35.5. The molecular formula is C16H20ClNO5S. The van der Waals surface area contributed by atoms with Crippen LogP contribution in [0.25, 0.3) is 0 Å². The standard InChI is InChI=1S/C15H18ClNO3.CH2O2S/c1-2-8-17-14-7-6-13(20-14)10-19-15(18)11-4-3-5-12(16)9-11;2-1(3)4/h2-5,8-9,13-14,17H,6-7,10H2,1H3;4H,(H,2,3)/b8-2-;. The highest BCUT2D eigenvalue weighted by Gasteiger charge is 2.25. The first-order valence-electron chi connectivity index (χ1n) is 7.29. The third-order valence-corrected chi connectivity index (χ3v) is 3.25. The normalized spacial score (nSPS) is 19.5. The van der Waals surface area contributed by atoms with E-state index in [1.54, 1.807) is 24.3 Å². The molecule has 2 atom stereocenters. The van der Waals surface area contributed by atoms with Gasteiger partial charge >= 0.3 is 11.3 Å². The van der Waals surface area contributed by atoms with E-state index >= 15 is 0 Å². The molecule has 0 aliphatic carbocycles. The third kappa shape index (κ3) is 8.24. The largest absolute Gasteiger partial charge is 0.473 e. The molecule has 1 heterocycles. The van der Waals surface area contributed by atoms with Gasteiger partial charge in [-0.1, -0.05) is 36.4 Å². The number of rotatable bonds is 5. The van der Waals surface area contributed by atoms with Crippen LogP contribution in [-0.4, -0.2) is 35.3 Å². The van der Waals surface area contributed by atoms with Crippen LogP contribution in [0.1, 0.15) is 30.1 Å². The molecule has 0 bridgehead atoms. The van der Waals surface area contributed by atoms with Crippen molar-refractivity contribution in [3.8, 4) is 0 Å². The summed E-state index contributed by atoms with van der Waals surface area (Å²) in [5, 5.41) is 9.79. The van der Waals surface area contributed by atoms with Gasteiger partial charge in [-0.25, -0.2) is 9.59 Å². The number of benzene rings is 1. The minimum Gasteiger partial charge on any atom is -0.473 e. The first kappa shape index (κ1) is 20.3. The van der Waals surface area contributed by atoms with Gasteiger partial charge in [0.2, 0.25) is 0 Å². The lowest BCUT2D eigenvalue weighted by molar-refractivity contribution is -0.0131. The molecule has 0 aromatic heterocycles. The number of carbonyl (C=O) groups is 2. The SMILES string of the molecule is C/C=C\NC1CCC(COC(=O)c2cccc(Cl)c2)O1.O=C(O)S. The van der Waals surface area contributed by atoms with E-state index in [1.165, 1.54) is 0 Å². The van der Waals surface area contributed by atoms with Crippen molar-refractivity contribution < 1.29 is 24.2 Å². The first-order chi connectivity index (χ1) is 11.4. The van der Waals surface area contributed by atoms with Crippen molar-refractivity contribution in [2.45, 2.75) is 32.1 Å². The summed E-state index contributed by atoms with van der Waals surface area (Å²) in [6.07, 6.45) is 5.49. The quantitative estimate of drug-likeness (QED) is 0.538. The van der Waals surface area contributed by atoms with Crippen LogP contribution < -0.4 is 5.32 Å². The highest BCUT2D eigenvalue weighted by molar-refractivity contribution is 7.96. The van der Waals surface area contributed by atoms with Gasteiger partial charge in [0, 0.05) is 5.02 Å². The molecule has 2 unspecified atom stereocenters. The molecule has 0 spiro atoms. The minimum atomic E-state index is -1.14. The number of thiol groups is 1. The molecule has 1 fully saturated rings. The van der Waals surface area contributed by atoms with Gasteiger partial charge in [0.1, 0.15) is 12.8 Å². The average molecular weight is 374 g/mol. The van der Waals surface area contributed by atoms with Crippen molar-refractivity contribution in [3.05, 3.63) is 47.1 Å². The van der Waals surface area contributed by atoms with Crippen molar-refractivity contribution in [1.82, 2.24) is 5.32 Å². The number of hydrogen-bond acceptors (Lipinski definition) is 5. The maximum Gasteiger partial charge on any atom is 0.361 e. The van der Waals surface area contributed by atoms with Crippen LogP contribution in [0.5, 0.6) is 0 Å². The number of esters is 1. The summed E-state index contributed by atoms with van der Waals surface area (Å²) in [6, 6.07) is 6.72. The van der Waals surface area contributed by atoms with Gasteiger partial charge in [-0.15, -0.1) is 0 Å². The van der Waals surface area contributed by atoms with Gasteiger partial charge in [-0.3, -0.25) is 0 Å². The number of halogens is 1. The summed E-state index contributed by atoms with van der Waals surface area (Å²) in [5.41, 5.74) is 0.457. The van der Waals surface area contributed by atoms with Gasteiger partial charge in [-0.05, 0) is 44.2 Å². The summed E-state index contributed by atoms with van der Waals surface area (Å²) in [6.45, 7) is 2.20. The molecule has 24 heavy (non-hydrogen) atoms. The second kappa shape index (κ2) is 11.0. The van der Waals surface area contributed by atoms with Crippen molar-refractivity contribution in [2.24, 2.45) is 0 Å². The molecular weight excluding hydrogens is 354 g/mol. The maximum absolute atomic E-state index is 11.8. The molecule has 1 aliphatic rings. The Morgan fingerprint density at radius 2 is 2.21 bits per heavy atom. The number of allylic oxidation sites excluding steroid dienone is 1. The molecule has 132 valence electrons. The Balaban J connectivity index is 0.000000648. The van der Waals surface area contributed by atoms with Crippen LogP contribution in [0.4, 0.5) is 4.79 Å². The van der Waals surface area contributed by atoms with Crippen molar-refractivity contribution in [3.63, 3.8) is 0 Å². The average Bonchev–Trinajstić information content (AvgIpc) is 2.98. The summed E-state index contributed by atoms with van der Waals surface area (Å²) in [4.78, 5) is 20.7. The van der Waals surface area contributed by atoms with Crippen LogP contribution in [0.15, 0.2) is 36.5 Å². The molecule has 2 N–H and O–H groups in total. The van der Waals surface area contributed by atoms with E-state index in [9.17, 15) is 4.79 Å². The molecule has 1 aromatic rings. The van der Waals surface area contributed by atoms with Gasteiger partial charge < -0.3 is 19.9 Å². The number of hydrogen-bond donors (Lipinski definition) is 3. The third-order valence-electron chi connectivity index (χ3n) is 3.02. The molecule has 1 saturated heterocycles. The Morgan fingerprint density at radius 3 is 2.83 bits per heavy atom. The van der Waals surface area contributed by atoms with E-state index in [1.807, 2.05) is 19.2 Å². The zero-order chi connectivity index (χ0) is 17.9. The van der Waals surface area contributed by atoms with Crippen LogP contribution in [0.3, 0.4) is 0 Å². The molecule has 6 nitrogen and oxygen atoms in total. The predicted octanol–water partition coefficient (Wildman–Crippen LogP) is 3.72. The Hall–Kier alpha value is -1.70. The molecule has 1 aromatic carbocycles. The first-order valence-corrected chi connectivity index (χ1v) is 8.12. The summed E-state index contributed by atoms with van der Waals surface area (Å²) < 4.78 is 11.0. The fraction of sp³-hybridized carbons (Fsp3) is 0.375. The predicted molar refractivity (Wildman–Crippen MR) is 94.6 cm³/mol. The van der Waals surface area contributed by atoms with Crippen molar-refractivity contribution >= 4 is 35.5 Å². The number of carboxylic acid groups (broad SMARTS) is 1. The second-order valence-electron chi connectivity index (χ2n) is 4.88. The topological polar surface area (TPSA) is 84.9 Å². The molecule has 1 aliphatic heterocycles. The summed E-state index contributed by atoms with van der Waals surface area (Å²) in [7, 11) is 0. The van der Waals surface area contributed by atoms with E-state index in [0.29, 0.717) is 10.6 Å². The smallest absolute Gasteiger partial charge is 0.361 e. The van der Waals surface area contributed by atoms with Gasteiger partial charge in [-0.2, -0.15) is 0 Å². The van der Waals surface area contributed by atoms with E-state index < -0.39 is 5.30 Å². The molecule has 0 radical (unpaired) electrons. The zero-order valence-electron chi connectivity index (χ0n) is 13.1. The van der Waals surface area contributed by atoms with Gasteiger partial charge in [0.15, 0.2) is 0 Å². The van der Waals surface area contributed by atoms with E-state index in [-0.39, 0.29) is 24.9 Å². The van der Waals surface area contributed by atoms with Crippen molar-refractivity contribution in [1.29, 1.82) is 0 Å². The zero-order valence-corrected chi connectivity index (χ0v) is 14.8. The highest BCUT2D eigenvalue weighted by Crippen LogP contribution is 2.19. The molecule has 0 saturated carbocycles. The lowest BCUT2D eigenvalue weighted by atomic mass is 10.2. The van der Waals surface area contributed by atoms with Crippen LogP contribution >= 0.6 is 24.2 Å². The Bertz CT molecular complexity index is 577. The van der Waals surface area contributed by atoms with Crippen molar-refractivity contribution in [2.75, 3.05) is 6.61 Å². The van der Waals surface area contributed by atoms with E-state index in [2.05, 4.69) is 17.9 Å². The minimum absolute atomic E-state index is 0.000992. The fourth-order valence-corrected chi connectivity index (χ4v) is 2.21. The van der Waals surface area contributed by atoms with Gasteiger partial charge in [0.05, 0.1) is 11.7 Å². The van der Waals surface area contributed by atoms with E-state index in [0.717, 1.165) is 12.8 Å². The molecule has 8 heteroatoms. The molecule has 2 rings (SSSR count). The second-order valence-corrected chi connectivity index (χ2v) is 5.70. The van der Waals surface area contributed by atoms with Crippen LogP contribution in [-0.2, 0) is 9.47 Å². The molecule has 0 amide bonds. The number of ether oxygens (including phenoxy) is 2. The Labute approximate surface area is 151 Å². The van der Waals surface area contributed by atoms with Crippen LogP contribution in [0.2, 0.25) is 5.02 Å². The lowest BCUT2D eigenvalue weighted by Gasteiger charge is -2.14. The lowest BCUT2D eigenvalue weighted by Crippen LogP contribution is -2.26. The maximum atomic E-state index is 11.8. The summed E-state index contributed by atoms with van der Waals surface area (Å²) >= 11 is 8.72. The monoisotopic (exact) mass is 373 g/mol. The fourth-order valence-electron chi connectivity index (χ4n) is 2.02. The summed E-state index contributed by atoms with van der Waals surface area (Å²) in [5.74, 6) is -0.374. The van der Waals surface area contributed by atoms with E-state index in [4.69, 9.17) is 31.0 Å². The Kier molecular flexibility index (Phi) is 9.29. The van der Waals surface area contributed by atoms with Crippen LogP contribution in [0, 0.1) is 0 Å². The van der Waals surface area contributed by atoms with Gasteiger partial charge in [0.25, 0.3) is 0 Å². The Morgan fingerprint density at radius 1 is 1.50 bits per heavy atom. The number of carbonyl (C=O) groups excluding carboxylic acids is 1. The number of nitrogens with one attached hydrogen (secondary N) is 1.